The van der Waals surface area contributed by atoms with E-state index in [9.17, 15) is 0 Å². The van der Waals surface area contributed by atoms with Gasteiger partial charge in [-0.15, -0.1) is 0 Å². The summed E-state index contributed by atoms with van der Waals surface area (Å²) < 4.78 is 1.95. The second kappa shape index (κ2) is 3.99. The Hall–Kier alpha value is -0.440. The lowest BCUT2D eigenvalue weighted by Crippen LogP contribution is -1.94. The van der Waals surface area contributed by atoms with Crippen LogP contribution in [-0.4, -0.2) is 15.5 Å². The second-order valence-corrected chi connectivity index (χ2v) is 3.55. The molecule has 1 aromatic heterocycles. The molecule has 68 valence electrons. The average Bonchev–Trinajstić information content (AvgIpc) is 2.25. The highest BCUT2D eigenvalue weighted by atomic mass is 32.1. The van der Waals surface area contributed by atoms with Crippen molar-refractivity contribution in [1.29, 1.82) is 0 Å². The Morgan fingerprint density at radius 2 is 2.08 bits per heavy atom. The number of nitrogens with zero attached hydrogens (tertiary/aromatic N) is 2. The molecule has 1 rings (SSSR count). The van der Waals surface area contributed by atoms with Crippen molar-refractivity contribution in [3.05, 3.63) is 17.0 Å². The van der Waals surface area contributed by atoms with Crippen LogP contribution in [0.2, 0.25) is 0 Å². The fraction of sp³-hybridized carbons (Fsp3) is 0.667. The van der Waals surface area contributed by atoms with Gasteiger partial charge in [0.05, 0.1) is 5.69 Å². The summed E-state index contributed by atoms with van der Waals surface area (Å²) in [4.78, 5) is 0. The summed E-state index contributed by atoms with van der Waals surface area (Å²) >= 11 is 4.20. The van der Waals surface area contributed by atoms with Gasteiger partial charge in [0.15, 0.2) is 0 Å². The lowest BCUT2D eigenvalue weighted by Gasteiger charge is -1.99. The van der Waals surface area contributed by atoms with Crippen LogP contribution in [-0.2, 0) is 13.5 Å². The van der Waals surface area contributed by atoms with Crippen molar-refractivity contribution in [1.82, 2.24) is 9.78 Å². The fourth-order valence-electron chi connectivity index (χ4n) is 1.44. The zero-order valence-corrected chi connectivity index (χ0v) is 8.86. The molecule has 0 saturated heterocycles. The lowest BCUT2D eigenvalue weighted by atomic mass is 10.1. The standard InChI is InChI=1S/C9H16N2S/c1-7-9(5-4-6-12)8(2)11(3)10-7/h12H,4-6H2,1-3H3. The number of hydrogen-bond donors (Lipinski definition) is 1. The van der Waals surface area contributed by atoms with Crippen molar-refractivity contribution in [2.75, 3.05) is 5.75 Å². The predicted octanol–water partition coefficient (Wildman–Crippen LogP) is 1.90. The molecule has 2 nitrogen and oxygen atoms in total. The Balaban J connectivity index is 2.82. The average molecular weight is 184 g/mol. The van der Waals surface area contributed by atoms with Gasteiger partial charge in [-0.25, -0.2) is 0 Å². The first-order valence-corrected chi connectivity index (χ1v) is 4.90. The van der Waals surface area contributed by atoms with Crippen LogP contribution in [0.15, 0.2) is 0 Å². The molecule has 0 amide bonds. The largest absolute Gasteiger partial charge is 0.272 e. The molecule has 3 heteroatoms. The van der Waals surface area contributed by atoms with Gasteiger partial charge < -0.3 is 0 Å². The number of hydrogen-bond acceptors (Lipinski definition) is 2. The molecule has 1 aromatic rings. The summed E-state index contributed by atoms with van der Waals surface area (Å²) in [5.41, 5.74) is 3.85. The van der Waals surface area contributed by atoms with E-state index in [-0.39, 0.29) is 0 Å². The van der Waals surface area contributed by atoms with Crippen molar-refractivity contribution >= 4 is 12.6 Å². The SMILES string of the molecule is Cc1nn(C)c(C)c1CCCS. The molecule has 0 atom stereocenters. The number of rotatable bonds is 3. The van der Waals surface area contributed by atoms with Crippen LogP contribution in [0, 0.1) is 13.8 Å². The van der Waals surface area contributed by atoms with Crippen LogP contribution in [0.1, 0.15) is 23.4 Å². The van der Waals surface area contributed by atoms with Crippen LogP contribution in [0.25, 0.3) is 0 Å². The van der Waals surface area contributed by atoms with E-state index >= 15 is 0 Å². The Labute approximate surface area is 79.4 Å². The van der Waals surface area contributed by atoms with Crippen LogP contribution >= 0.6 is 12.6 Å². The molecule has 1 heterocycles. The topological polar surface area (TPSA) is 17.8 Å². The summed E-state index contributed by atoms with van der Waals surface area (Å²) in [5.74, 6) is 0.952. The highest BCUT2D eigenvalue weighted by Crippen LogP contribution is 2.13. The zero-order chi connectivity index (χ0) is 9.14. The molecule has 0 radical (unpaired) electrons. The van der Waals surface area contributed by atoms with Gasteiger partial charge in [0.1, 0.15) is 0 Å². The molecule has 0 aromatic carbocycles. The van der Waals surface area contributed by atoms with Crippen LogP contribution in [0.3, 0.4) is 0 Å². The van der Waals surface area contributed by atoms with E-state index < -0.39 is 0 Å². The van der Waals surface area contributed by atoms with E-state index in [0.717, 1.165) is 24.3 Å². The molecule has 0 aliphatic carbocycles. The molecule has 0 spiro atoms. The third-order valence-electron chi connectivity index (χ3n) is 2.24. The first-order chi connectivity index (χ1) is 5.66. The zero-order valence-electron chi connectivity index (χ0n) is 7.96. The monoisotopic (exact) mass is 184 g/mol. The maximum atomic E-state index is 4.36. The maximum Gasteiger partial charge on any atom is 0.0628 e. The fourth-order valence-corrected chi connectivity index (χ4v) is 1.59. The third-order valence-corrected chi connectivity index (χ3v) is 2.56. The van der Waals surface area contributed by atoms with Crippen LogP contribution < -0.4 is 0 Å². The van der Waals surface area contributed by atoms with Gasteiger partial charge in [-0.3, -0.25) is 4.68 Å². The molecular formula is C9H16N2S. The highest BCUT2D eigenvalue weighted by Gasteiger charge is 2.07. The van der Waals surface area contributed by atoms with Gasteiger partial charge in [-0.05, 0) is 38.0 Å². The molecule has 0 saturated carbocycles. The Bertz CT molecular complexity index is 266. The molecule has 0 N–H and O–H groups in total. The summed E-state index contributed by atoms with van der Waals surface area (Å²) in [7, 11) is 1.99. The van der Waals surface area contributed by atoms with Crippen molar-refractivity contribution in [3.63, 3.8) is 0 Å². The predicted molar refractivity (Wildman–Crippen MR) is 54.9 cm³/mol. The minimum absolute atomic E-state index is 0.952. The third kappa shape index (κ3) is 1.83. The quantitative estimate of drug-likeness (QED) is 0.710. The summed E-state index contributed by atoms with van der Waals surface area (Å²) in [6, 6.07) is 0. The number of aromatic nitrogens is 2. The Morgan fingerprint density at radius 3 is 2.50 bits per heavy atom. The number of thiol groups is 1. The first kappa shape index (κ1) is 9.65. The number of aryl methyl sites for hydroxylation is 2. The van der Waals surface area contributed by atoms with Gasteiger partial charge in [-0.1, -0.05) is 0 Å². The summed E-state index contributed by atoms with van der Waals surface area (Å²) in [6.07, 6.45) is 2.24. The lowest BCUT2D eigenvalue weighted by molar-refractivity contribution is 0.729. The normalized spacial score (nSPS) is 10.7. The van der Waals surface area contributed by atoms with Crippen LogP contribution in [0.4, 0.5) is 0 Å². The minimum Gasteiger partial charge on any atom is -0.272 e. The van der Waals surface area contributed by atoms with Gasteiger partial charge in [-0.2, -0.15) is 17.7 Å². The van der Waals surface area contributed by atoms with E-state index in [4.69, 9.17) is 0 Å². The van der Waals surface area contributed by atoms with Gasteiger partial charge in [0.2, 0.25) is 0 Å². The van der Waals surface area contributed by atoms with E-state index in [1.165, 1.54) is 11.3 Å². The van der Waals surface area contributed by atoms with E-state index in [0.29, 0.717) is 0 Å². The minimum atomic E-state index is 0.952. The smallest absolute Gasteiger partial charge is 0.0628 e. The van der Waals surface area contributed by atoms with Crippen molar-refractivity contribution in [2.24, 2.45) is 7.05 Å². The molecule has 0 bridgehead atoms. The highest BCUT2D eigenvalue weighted by molar-refractivity contribution is 7.80. The molecule has 0 aliphatic rings. The molecular weight excluding hydrogens is 168 g/mol. The first-order valence-electron chi connectivity index (χ1n) is 4.26. The maximum absolute atomic E-state index is 4.36. The van der Waals surface area contributed by atoms with Crippen LogP contribution in [0.5, 0.6) is 0 Å². The van der Waals surface area contributed by atoms with E-state index in [1.807, 2.05) is 11.7 Å². The summed E-state index contributed by atoms with van der Waals surface area (Å²) in [5, 5.41) is 4.36. The van der Waals surface area contributed by atoms with Crippen molar-refractivity contribution < 1.29 is 0 Å². The molecule has 0 fully saturated rings. The van der Waals surface area contributed by atoms with Crippen molar-refractivity contribution in [2.45, 2.75) is 26.7 Å². The molecule has 0 unspecified atom stereocenters. The van der Waals surface area contributed by atoms with Gasteiger partial charge >= 0.3 is 0 Å². The Kier molecular flexibility index (Phi) is 3.20. The second-order valence-electron chi connectivity index (χ2n) is 3.10. The summed E-state index contributed by atoms with van der Waals surface area (Å²) in [6.45, 7) is 4.19. The van der Waals surface area contributed by atoms with Crippen molar-refractivity contribution in [3.8, 4) is 0 Å². The molecule has 0 aliphatic heterocycles. The van der Waals surface area contributed by atoms with E-state index in [2.05, 4.69) is 31.6 Å². The molecule has 12 heavy (non-hydrogen) atoms. The van der Waals surface area contributed by atoms with E-state index in [1.54, 1.807) is 0 Å². The van der Waals surface area contributed by atoms with Gasteiger partial charge in [0.25, 0.3) is 0 Å². The Morgan fingerprint density at radius 1 is 1.42 bits per heavy atom. The van der Waals surface area contributed by atoms with Gasteiger partial charge in [0, 0.05) is 12.7 Å².